The van der Waals surface area contributed by atoms with Gasteiger partial charge in [-0.3, -0.25) is 4.79 Å². The number of aliphatic hydroxyl groups is 1. The topological polar surface area (TPSA) is 58.6 Å². The smallest absolute Gasteiger partial charge is 0.253 e. The first-order valence-electron chi connectivity index (χ1n) is 6.63. The van der Waals surface area contributed by atoms with Crippen molar-refractivity contribution in [1.82, 2.24) is 5.32 Å². The highest BCUT2D eigenvalue weighted by atomic mass is 35.5. The van der Waals surface area contributed by atoms with Gasteiger partial charge in [0.15, 0.2) is 6.10 Å². The van der Waals surface area contributed by atoms with E-state index in [-0.39, 0.29) is 18.2 Å². The number of fused-ring (bicyclic) bond motifs is 2. The van der Waals surface area contributed by atoms with Crippen LogP contribution in [0.5, 0.6) is 0 Å². The molecule has 0 radical (unpaired) electrons. The van der Waals surface area contributed by atoms with Crippen LogP contribution in [0.25, 0.3) is 0 Å². The molecule has 0 aromatic heterocycles. The van der Waals surface area contributed by atoms with Crippen LogP contribution in [0.4, 0.5) is 0 Å². The third kappa shape index (κ3) is 2.79. The highest BCUT2D eigenvalue weighted by Crippen LogP contribution is 2.34. The number of amides is 1. The summed E-state index contributed by atoms with van der Waals surface area (Å²) in [5, 5.41) is 13.7. The molecule has 4 nitrogen and oxygen atoms in total. The number of aliphatic hydroxyl groups excluding tert-OH is 1. The van der Waals surface area contributed by atoms with Crippen molar-refractivity contribution in [3.05, 3.63) is 33.8 Å². The monoisotopic (exact) mass is 315 g/mol. The maximum absolute atomic E-state index is 12.1. The summed E-state index contributed by atoms with van der Waals surface area (Å²) >= 11 is 11.7. The van der Waals surface area contributed by atoms with E-state index in [0.717, 1.165) is 19.3 Å². The van der Waals surface area contributed by atoms with Crippen molar-refractivity contribution < 1.29 is 14.6 Å². The second kappa shape index (κ2) is 5.53. The van der Waals surface area contributed by atoms with Crippen LogP contribution in [0.3, 0.4) is 0 Å². The van der Waals surface area contributed by atoms with Crippen molar-refractivity contribution >= 4 is 29.1 Å². The summed E-state index contributed by atoms with van der Waals surface area (Å²) in [5.41, 5.74) is 0.393. The Balaban J connectivity index is 1.67. The number of rotatable bonds is 3. The minimum absolute atomic E-state index is 0.00874. The van der Waals surface area contributed by atoms with Crippen LogP contribution >= 0.6 is 23.2 Å². The standard InChI is InChI=1S/C14H15Cl2NO3/c15-8-3-7(4-9(16)5-8)13(18)14(19)17-11-6-10-1-2-12(11)20-10/h3-5,10-13,18H,1-2,6H2,(H,17,19). The normalized spacial score (nSPS) is 29.4. The van der Waals surface area contributed by atoms with Crippen LogP contribution in [-0.2, 0) is 9.53 Å². The molecule has 2 heterocycles. The van der Waals surface area contributed by atoms with Crippen LogP contribution in [0.15, 0.2) is 18.2 Å². The zero-order valence-corrected chi connectivity index (χ0v) is 12.2. The SMILES string of the molecule is O=C(NC1CC2CCC1O2)C(O)c1cc(Cl)cc(Cl)c1. The van der Waals surface area contributed by atoms with Crippen LogP contribution in [0, 0.1) is 0 Å². The van der Waals surface area contributed by atoms with E-state index >= 15 is 0 Å². The van der Waals surface area contributed by atoms with Crippen molar-refractivity contribution in [3.63, 3.8) is 0 Å². The van der Waals surface area contributed by atoms with Crippen LogP contribution in [-0.4, -0.2) is 29.3 Å². The fourth-order valence-electron chi connectivity index (χ4n) is 2.94. The Bertz CT molecular complexity index is 517. The molecular weight excluding hydrogens is 301 g/mol. The third-order valence-electron chi connectivity index (χ3n) is 3.88. The molecule has 2 fully saturated rings. The van der Waals surface area contributed by atoms with Crippen molar-refractivity contribution in [2.45, 2.75) is 43.6 Å². The van der Waals surface area contributed by atoms with E-state index in [2.05, 4.69) is 5.32 Å². The zero-order chi connectivity index (χ0) is 14.3. The third-order valence-corrected chi connectivity index (χ3v) is 4.32. The molecule has 2 saturated heterocycles. The molecule has 1 aromatic carbocycles. The van der Waals surface area contributed by atoms with Crippen molar-refractivity contribution in [2.75, 3.05) is 0 Å². The maximum atomic E-state index is 12.1. The first kappa shape index (κ1) is 14.1. The summed E-state index contributed by atoms with van der Waals surface area (Å²) in [6, 6.07) is 4.62. The highest BCUT2D eigenvalue weighted by molar-refractivity contribution is 6.34. The first-order valence-corrected chi connectivity index (χ1v) is 7.38. The number of ether oxygens (including phenoxy) is 1. The van der Waals surface area contributed by atoms with Crippen molar-refractivity contribution in [3.8, 4) is 0 Å². The second-order valence-electron chi connectivity index (χ2n) is 5.33. The van der Waals surface area contributed by atoms with Gasteiger partial charge >= 0.3 is 0 Å². The largest absolute Gasteiger partial charge is 0.378 e. The minimum Gasteiger partial charge on any atom is -0.378 e. The van der Waals surface area contributed by atoms with Gasteiger partial charge in [-0.25, -0.2) is 0 Å². The van der Waals surface area contributed by atoms with E-state index in [4.69, 9.17) is 27.9 Å². The van der Waals surface area contributed by atoms with Crippen LogP contribution in [0.2, 0.25) is 10.0 Å². The maximum Gasteiger partial charge on any atom is 0.253 e. The van der Waals surface area contributed by atoms with Crippen LogP contribution in [0.1, 0.15) is 30.9 Å². The highest BCUT2D eigenvalue weighted by Gasteiger charge is 2.41. The Morgan fingerprint density at radius 1 is 1.30 bits per heavy atom. The summed E-state index contributed by atoms with van der Waals surface area (Å²) < 4.78 is 5.67. The van der Waals surface area contributed by atoms with Crippen molar-refractivity contribution in [1.29, 1.82) is 0 Å². The predicted molar refractivity (Wildman–Crippen MR) is 75.9 cm³/mol. The molecule has 4 atom stereocenters. The van der Waals surface area contributed by atoms with Gasteiger partial charge in [0.05, 0.1) is 18.2 Å². The molecule has 3 rings (SSSR count). The Morgan fingerprint density at radius 3 is 2.55 bits per heavy atom. The number of carbonyl (C=O) groups is 1. The molecular formula is C14H15Cl2NO3. The number of carbonyl (C=O) groups excluding carboxylic acids is 1. The van der Waals surface area contributed by atoms with E-state index in [1.54, 1.807) is 6.07 Å². The molecule has 6 heteroatoms. The van der Waals surface area contributed by atoms with E-state index in [1.165, 1.54) is 12.1 Å². The first-order chi connectivity index (χ1) is 9.52. The number of hydrogen-bond donors (Lipinski definition) is 2. The van der Waals surface area contributed by atoms with Crippen LogP contribution < -0.4 is 5.32 Å². The van der Waals surface area contributed by atoms with Gasteiger partial charge in [-0.05, 0) is 43.0 Å². The molecule has 2 bridgehead atoms. The number of benzene rings is 1. The van der Waals surface area contributed by atoms with Gasteiger partial charge in [-0.15, -0.1) is 0 Å². The molecule has 0 saturated carbocycles. The average molecular weight is 316 g/mol. The number of hydrogen-bond acceptors (Lipinski definition) is 3. The Hall–Kier alpha value is -0.810. The quantitative estimate of drug-likeness (QED) is 0.900. The van der Waals surface area contributed by atoms with E-state index < -0.39 is 12.0 Å². The van der Waals surface area contributed by atoms with Gasteiger partial charge in [-0.2, -0.15) is 0 Å². The second-order valence-corrected chi connectivity index (χ2v) is 6.20. The molecule has 1 aromatic rings. The molecule has 2 N–H and O–H groups in total. The van der Waals surface area contributed by atoms with Gasteiger partial charge in [0.25, 0.3) is 5.91 Å². The Labute approximate surface area is 127 Å². The molecule has 0 aliphatic carbocycles. The molecule has 0 spiro atoms. The van der Waals surface area contributed by atoms with E-state index in [9.17, 15) is 9.90 Å². The molecule has 2 aliphatic heterocycles. The summed E-state index contributed by atoms with van der Waals surface area (Å²) in [4.78, 5) is 12.1. The van der Waals surface area contributed by atoms with E-state index in [1.807, 2.05) is 0 Å². The fourth-order valence-corrected chi connectivity index (χ4v) is 3.48. The van der Waals surface area contributed by atoms with Gasteiger partial charge in [-0.1, -0.05) is 23.2 Å². The van der Waals surface area contributed by atoms with Gasteiger partial charge in [0.2, 0.25) is 0 Å². The lowest BCUT2D eigenvalue weighted by atomic mass is 9.95. The molecule has 2 aliphatic rings. The molecule has 4 unspecified atom stereocenters. The lowest BCUT2D eigenvalue weighted by Crippen LogP contribution is -2.43. The lowest BCUT2D eigenvalue weighted by molar-refractivity contribution is -0.130. The van der Waals surface area contributed by atoms with Gasteiger partial charge < -0.3 is 15.2 Å². The summed E-state index contributed by atoms with van der Waals surface area (Å²) in [6.45, 7) is 0. The lowest BCUT2D eigenvalue weighted by Gasteiger charge is -2.22. The number of halogens is 2. The number of nitrogens with one attached hydrogen (secondary N) is 1. The molecule has 108 valence electrons. The Morgan fingerprint density at radius 2 is 2.00 bits per heavy atom. The average Bonchev–Trinajstić information content (AvgIpc) is 2.98. The molecule has 1 amide bonds. The predicted octanol–water partition coefficient (Wildman–Crippen LogP) is 2.46. The van der Waals surface area contributed by atoms with Gasteiger partial charge in [0.1, 0.15) is 0 Å². The summed E-state index contributed by atoms with van der Waals surface area (Å²) in [5.74, 6) is -0.440. The minimum atomic E-state index is -1.27. The van der Waals surface area contributed by atoms with Gasteiger partial charge in [0, 0.05) is 10.0 Å². The van der Waals surface area contributed by atoms with Crippen molar-refractivity contribution in [2.24, 2.45) is 0 Å². The summed E-state index contributed by atoms with van der Waals surface area (Å²) in [6.07, 6.45) is 1.91. The zero-order valence-electron chi connectivity index (χ0n) is 10.7. The summed E-state index contributed by atoms with van der Waals surface area (Å²) in [7, 11) is 0. The Kier molecular flexibility index (Phi) is 3.91. The van der Waals surface area contributed by atoms with E-state index in [0.29, 0.717) is 15.6 Å². The molecule has 20 heavy (non-hydrogen) atoms. The fraction of sp³-hybridized carbons (Fsp3) is 0.500.